The molecule has 2 nitrogen and oxygen atoms in total. The zero-order valence-electron chi connectivity index (χ0n) is 7.86. The second kappa shape index (κ2) is 2.89. The van der Waals surface area contributed by atoms with Gasteiger partial charge in [0.25, 0.3) is 0 Å². The van der Waals surface area contributed by atoms with Crippen LogP contribution in [0.15, 0.2) is 30.5 Å². The molecule has 0 bridgehead atoms. The van der Waals surface area contributed by atoms with Gasteiger partial charge >= 0.3 is 0 Å². The third-order valence-electron chi connectivity index (χ3n) is 2.38. The van der Waals surface area contributed by atoms with Gasteiger partial charge < -0.3 is 9.67 Å². The Morgan fingerprint density at radius 3 is 2.69 bits per heavy atom. The van der Waals surface area contributed by atoms with Crippen LogP contribution in [0.3, 0.4) is 0 Å². The third kappa shape index (κ3) is 1.23. The largest absolute Gasteiger partial charge is 0.389 e. The Bertz CT molecular complexity index is 429. The average Bonchev–Trinajstić information content (AvgIpc) is 2.45. The molecule has 1 aromatic carbocycles. The molecule has 2 aromatic rings. The number of aryl methyl sites for hydroxylation is 1. The van der Waals surface area contributed by atoms with Crippen molar-refractivity contribution in [2.24, 2.45) is 7.05 Å². The molecule has 1 atom stereocenters. The fraction of sp³-hybridized carbons (Fsp3) is 0.273. The fourth-order valence-corrected chi connectivity index (χ4v) is 1.71. The molecule has 0 saturated carbocycles. The number of aromatic nitrogens is 1. The van der Waals surface area contributed by atoms with E-state index < -0.39 is 6.10 Å². The van der Waals surface area contributed by atoms with E-state index in [9.17, 15) is 5.11 Å². The summed E-state index contributed by atoms with van der Waals surface area (Å²) in [5.41, 5.74) is 2.16. The van der Waals surface area contributed by atoms with Crippen LogP contribution in [0.4, 0.5) is 0 Å². The maximum atomic E-state index is 9.52. The lowest BCUT2D eigenvalue weighted by Gasteiger charge is -2.00. The van der Waals surface area contributed by atoms with Crippen LogP contribution < -0.4 is 0 Å². The van der Waals surface area contributed by atoms with Crippen LogP contribution in [0, 0.1) is 0 Å². The van der Waals surface area contributed by atoms with Gasteiger partial charge in [0, 0.05) is 29.7 Å². The van der Waals surface area contributed by atoms with Crippen LogP contribution in [-0.2, 0) is 7.05 Å². The molecule has 0 aliphatic carbocycles. The SMILES string of the molecule is C[C@H](O)c1cn(C)c2ccccc12. The van der Waals surface area contributed by atoms with Gasteiger partial charge in [0.05, 0.1) is 6.10 Å². The molecule has 68 valence electrons. The van der Waals surface area contributed by atoms with Crippen molar-refractivity contribution < 1.29 is 5.11 Å². The zero-order valence-corrected chi connectivity index (χ0v) is 7.86. The highest BCUT2D eigenvalue weighted by atomic mass is 16.3. The Balaban J connectivity index is 2.78. The first-order chi connectivity index (χ1) is 6.20. The highest BCUT2D eigenvalue weighted by Gasteiger charge is 2.09. The second-order valence-electron chi connectivity index (χ2n) is 3.39. The van der Waals surface area contributed by atoms with Gasteiger partial charge in [-0.15, -0.1) is 0 Å². The molecule has 13 heavy (non-hydrogen) atoms. The van der Waals surface area contributed by atoms with Gasteiger partial charge in [-0.25, -0.2) is 0 Å². The molecule has 1 heterocycles. The summed E-state index contributed by atoms with van der Waals surface area (Å²) in [6, 6.07) is 8.10. The maximum Gasteiger partial charge on any atom is 0.0782 e. The minimum absolute atomic E-state index is 0.397. The van der Waals surface area contributed by atoms with Gasteiger partial charge in [0.15, 0.2) is 0 Å². The molecular weight excluding hydrogens is 162 g/mol. The Labute approximate surface area is 77.4 Å². The van der Waals surface area contributed by atoms with E-state index >= 15 is 0 Å². The predicted octanol–water partition coefficient (Wildman–Crippen LogP) is 2.23. The van der Waals surface area contributed by atoms with E-state index in [-0.39, 0.29) is 0 Å². The number of fused-ring (bicyclic) bond motifs is 1. The summed E-state index contributed by atoms with van der Waals surface area (Å²) in [7, 11) is 1.99. The maximum absolute atomic E-state index is 9.52. The van der Waals surface area contributed by atoms with Crippen molar-refractivity contribution in [2.75, 3.05) is 0 Å². The molecule has 0 aliphatic heterocycles. The van der Waals surface area contributed by atoms with Crippen molar-refractivity contribution >= 4 is 10.9 Å². The number of rotatable bonds is 1. The number of hydrogen-bond donors (Lipinski definition) is 1. The standard InChI is InChI=1S/C11H13NO/c1-8(13)10-7-12(2)11-6-4-3-5-9(10)11/h3-8,13H,1-2H3/t8-/m0/s1. The molecule has 2 rings (SSSR count). The van der Waals surface area contributed by atoms with Gasteiger partial charge in [-0.2, -0.15) is 0 Å². The summed E-state index contributed by atoms with van der Waals surface area (Å²) in [4.78, 5) is 0. The van der Waals surface area contributed by atoms with E-state index in [1.165, 1.54) is 5.52 Å². The molecule has 0 unspecified atom stereocenters. The van der Waals surface area contributed by atoms with Crippen molar-refractivity contribution in [1.82, 2.24) is 4.57 Å². The fourth-order valence-electron chi connectivity index (χ4n) is 1.71. The van der Waals surface area contributed by atoms with Crippen molar-refractivity contribution in [3.63, 3.8) is 0 Å². The van der Waals surface area contributed by atoms with Crippen molar-refractivity contribution in [3.8, 4) is 0 Å². The zero-order chi connectivity index (χ0) is 9.42. The Hall–Kier alpha value is -1.28. The van der Waals surface area contributed by atoms with Gasteiger partial charge in [-0.3, -0.25) is 0 Å². The number of benzene rings is 1. The summed E-state index contributed by atoms with van der Waals surface area (Å²) >= 11 is 0. The van der Waals surface area contributed by atoms with E-state index in [1.54, 1.807) is 6.92 Å². The summed E-state index contributed by atoms with van der Waals surface area (Å²) in [5, 5.41) is 10.7. The summed E-state index contributed by atoms with van der Waals surface area (Å²) in [6.07, 6.45) is 1.58. The monoisotopic (exact) mass is 175 g/mol. The Morgan fingerprint density at radius 1 is 1.31 bits per heavy atom. The van der Waals surface area contributed by atoms with Crippen LogP contribution in [0.1, 0.15) is 18.6 Å². The number of hydrogen-bond acceptors (Lipinski definition) is 1. The lowest BCUT2D eigenvalue weighted by Crippen LogP contribution is -1.88. The number of aliphatic hydroxyl groups is 1. The molecule has 0 aliphatic rings. The van der Waals surface area contributed by atoms with Crippen molar-refractivity contribution in [1.29, 1.82) is 0 Å². The number of nitrogens with zero attached hydrogens (tertiary/aromatic N) is 1. The van der Waals surface area contributed by atoms with Gasteiger partial charge in [0.1, 0.15) is 0 Å². The first-order valence-electron chi connectivity index (χ1n) is 4.42. The minimum atomic E-state index is -0.397. The Morgan fingerprint density at radius 2 is 2.00 bits per heavy atom. The van der Waals surface area contributed by atoms with Crippen LogP contribution in [-0.4, -0.2) is 9.67 Å². The minimum Gasteiger partial charge on any atom is -0.389 e. The lowest BCUT2D eigenvalue weighted by molar-refractivity contribution is 0.200. The third-order valence-corrected chi connectivity index (χ3v) is 2.38. The smallest absolute Gasteiger partial charge is 0.0782 e. The quantitative estimate of drug-likeness (QED) is 0.706. The molecule has 0 saturated heterocycles. The van der Waals surface area contributed by atoms with Crippen LogP contribution >= 0.6 is 0 Å². The lowest BCUT2D eigenvalue weighted by atomic mass is 10.1. The summed E-state index contributed by atoms with van der Waals surface area (Å²) in [5.74, 6) is 0. The summed E-state index contributed by atoms with van der Waals surface area (Å²) in [6.45, 7) is 1.79. The first-order valence-corrected chi connectivity index (χ1v) is 4.42. The molecule has 0 spiro atoms. The van der Waals surface area contributed by atoms with Crippen LogP contribution in [0.25, 0.3) is 10.9 Å². The Kier molecular flexibility index (Phi) is 1.85. The van der Waals surface area contributed by atoms with E-state index in [2.05, 4.69) is 6.07 Å². The first kappa shape index (κ1) is 8.32. The molecule has 0 radical (unpaired) electrons. The molecule has 0 amide bonds. The van der Waals surface area contributed by atoms with Crippen molar-refractivity contribution in [2.45, 2.75) is 13.0 Å². The van der Waals surface area contributed by atoms with E-state index in [0.717, 1.165) is 10.9 Å². The van der Waals surface area contributed by atoms with Crippen LogP contribution in [0.5, 0.6) is 0 Å². The average molecular weight is 175 g/mol. The van der Waals surface area contributed by atoms with Crippen molar-refractivity contribution in [3.05, 3.63) is 36.0 Å². The summed E-state index contributed by atoms with van der Waals surface area (Å²) < 4.78 is 2.04. The highest BCUT2D eigenvalue weighted by Crippen LogP contribution is 2.25. The predicted molar refractivity (Wildman–Crippen MR) is 53.6 cm³/mol. The van der Waals surface area contributed by atoms with Crippen LogP contribution in [0.2, 0.25) is 0 Å². The van der Waals surface area contributed by atoms with Gasteiger partial charge in [0.2, 0.25) is 0 Å². The molecule has 1 aromatic heterocycles. The molecule has 2 heteroatoms. The van der Waals surface area contributed by atoms with E-state index in [1.807, 2.05) is 36.0 Å². The number of para-hydroxylation sites is 1. The highest BCUT2D eigenvalue weighted by molar-refractivity contribution is 5.84. The molecule has 1 N–H and O–H groups in total. The topological polar surface area (TPSA) is 25.2 Å². The second-order valence-corrected chi connectivity index (χ2v) is 3.39. The molecular formula is C11H13NO. The number of aliphatic hydroxyl groups excluding tert-OH is 1. The molecule has 0 fully saturated rings. The normalized spacial score (nSPS) is 13.5. The van der Waals surface area contributed by atoms with Gasteiger partial charge in [-0.05, 0) is 13.0 Å². The van der Waals surface area contributed by atoms with E-state index in [4.69, 9.17) is 0 Å². The van der Waals surface area contributed by atoms with E-state index in [0.29, 0.717) is 0 Å². The van der Waals surface area contributed by atoms with Gasteiger partial charge in [-0.1, -0.05) is 18.2 Å².